The van der Waals surface area contributed by atoms with Gasteiger partial charge in [-0.2, -0.15) is 0 Å². The lowest BCUT2D eigenvalue weighted by atomic mass is 9.92. The van der Waals surface area contributed by atoms with Gasteiger partial charge in [-0.05, 0) is 30.7 Å². The lowest BCUT2D eigenvalue weighted by Gasteiger charge is -2.28. The van der Waals surface area contributed by atoms with Crippen molar-refractivity contribution in [3.05, 3.63) is 22.4 Å². The van der Waals surface area contributed by atoms with E-state index in [0.717, 1.165) is 12.8 Å². The van der Waals surface area contributed by atoms with Gasteiger partial charge in [0.25, 0.3) is 0 Å². The topological polar surface area (TPSA) is 55.1 Å². The van der Waals surface area contributed by atoms with Crippen molar-refractivity contribution in [3.63, 3.8) is 0 Å². The Morgan fingerprint density at radius 3 is 2.56 bits per heavy atom. The third-order valence-corrected chi connectivity index (χ3v) is 4.47. The van der Waals surface area contributed by atoms with Crippen LogP contribution in [0, 0.1) is 0 Å². The van der Waals surface area contributed by atoms with Gasteiger partial charge in [-0.1, -0.05) is 33.3 Å². The summed E-state index contributed by atoms with van der Waals surface area (Å²) in [6.07, 6.45) is 3.33. The quantitative estimate of drug-likeness (QED) is 0.797. The molecule has 1 aromatic rings. The molecule has 18 heavy (non-hydrogen) atoms. The predicted molar refractivity (Wildman–Crippen MR) is 77.6 cm³/mol. The zero-order chi connectivity index (χ0) is 13.6. The van der Waals surface area contributed by atoms with Crippen LogP contribution in [0.3, 0.4) is 0 Å². The Kier molecular flexibility index (Phi) is 5.82. The first-order valence-electron chi connectivity index (χ1n) is 6.70. The normalized spacial score (nSPS) is 13.3. The first-order chi connectivity index (χ1) is 8.57. The molecule has 1 atom stereocenters. The molecule has 0 saturated carbocycles. The van der Waals surface area contributed by atoms with E-state index in [1.807, 2.05) is 25.3 Å². The average Bonchev–Trinajstić information content (AvgIpc) is 2.91. The second-order valence-corrected chi connectivity index (χ2v) is 5.67. The number of thiophene rings is 1. The van der Waals surface area contributed by atoms with Gasteiger partial charge < -0.3 is 11.1 Å². The maximum absolute atomic E-state index is 12.3. The van der Waals surface area contributed by atoms with Gasteiger partial charge in [-0.3, -0.25) is 4.79 Å². The molecule has 0 fully saturated rings. The van der Waals surface area contributed by atoms with Gasteiger partial charge in [0.1, 0.15) is 0 Å². The molecule has 0 radical (unpaired) electrons. The zero-order valence-corrected chi connectivity index (χ0v) is 12.3. The van der Waals surface area contributed by atoms with Crippen molar-refractivity contribution in [2.45, 2.75) is 58.0 Å². The first-order valence-corrected chi connectivity index (χ1v) is 7.58. The van der Waals surface area contributed by atoms with E-state index in [2.05, 4.69) is 18.3 Å². The van der Waals surface area contributed by atoms with Crippen molar-refractivity contribution in [3.8, 4) is 0 Å². The highest BCUT2D eigenvalue weighted by Gasteiger charge is 2.31. The summed E-state index contributed by atoms with van der Waals surface area (Å²) in [5.74, 6) is -0.0284. The monoisotopic (exact) mass is 268 g/mol. The number of rotatable bonds is 7. The van der Waals surface area contributed by atoms with Gasteiger partial charge in [-0.25, -0.2) is 0 Å². The van der Waals surface area contributed by atoms with E-state index in [9.17, 15) is 4.79 Å². The van der Waals surface area contributed by atoms with E-state index in [1.165, 1.54) is 4.88 Å². The summed E-state index contributed by atoms with van der Waals surface area (Å²) in [4.78, 5) is 13.5. The molecule has 0 aliphatic carbocycles. The molecule has 0 aliphatic rings. The molecule has 102 valence electrons. The summed E-state index contributed by atoms with van der Waals surface area (Å²) in [6.45, 7) is 6.05. The van der Waals surface area contributed by atoms with Gasteiger partial charge in [0.05, 0.1) is 11.6 Å². The summed E-state index contributed by atoms with van der Waals surface area (Å²) in [5.41, 5.74) is 5.40. The van der Waals surface area contributed by atoms with Crippen molar-refractivity contribution in [1.29, 1.82) is 0 Å². The predicted octanol–water partition coefficient (Wildman–Crippen LogP) is 3.22. The Labute approximate surface area is 114 Å². The lowest BCUT2D eigenvalue weighted by Crippen LogP contribution is -2.53. The molecule has 1 aromatic heterocycles. The van der Waals surface area contributed by atoms with Crippen molar-refractivity contribution >= 4 is 17.2 Å². The van der Waals surface area contributed by atoms with Gasteiger partial charge in [-0.15, -0.1) is 11.3 Å². The van der Waals surface area contributed by atoms with Crippen LogP contribution >= 0.6 is 11.3 Å². The molecule has 0 aromatic carbocycles. The lowest BCUT2D eigenvalue weighted by molar-refractivity contribution is -0.127. The van der Waals surface area contributed by atoms with E-state index < -0.39 is 5.54 Å². The van der Waals surface area contributed by atoms with E-state index in [0.29, 0.717) is 12.8 Å². The van der Waals surface area contributed by atoms with Crippen LogP contribution in [-0.2, 0) is 4.79 Å². The molecule has 0 aliphatic heterocycles. The van der Waals surface area contributed by atoms with Crippen LogP contribution in [-0.4, -0.2) is 11.4 Å². The van der Waals surface area contributed by atoms with E-state index in [1.54, 1.807) is 11.3 Å². The molecule has 1 rings (SSSR count). The number of hydrogen-bond donors (Lipinski definition) is 2. The number of amides is 1. The molecule has 1 heterocycles. The highest BCUT2D eigenvalue weighted by Crippen LogP contribution is 2.24. The van der Waals surface area contributed by atoms with E-state index in [4.69, 9.17) is 5.73 Å². The number of nitrogens with two attached hydrogens (primary N) is 1. The van der Waals surface area contributed by atoms with Crippen molar-refractivity contribution in [2.75, 3.05) is 0 Å². The third-order valence-electron chi connectivity index (χ3n) is 3.48. The molecule has 4 heteroatoms. The Hall–Kier alpha value is -0.870. The maximum atomic E-state index is 12.3. The standard InChI is InChI=1S/C14H24N2OS/c1-4-8-11(12-9-7-10-18-12)16-13(17)14(15,5-2)6-3/h7,9-11H,4-6,8,15H2,1-3H3,(H,16,17). The molecular weight excluding hydrogens is 244 g/mol. The average molecular weight is 268 g/mol. The van der Waals surface area contributed by atoms with Crippen LogP contribution in [0.15, 0.2) is 17.5 Å². The summed E-state index contributed by atoms with van der Waals surface area (Å²) in [5, 5.41) is 5.15. The Morgan fingerprint density at radius 2 is 2.11 bits per heavy atom. The fourth-order valence-corrected chi connectivity index (χ4v) is 2.75. The van der Waals surface area contributed by atoms with Crippen LogP contribution in [0.5, 0.6) is 0 Å². The maximum Gasteiger partial charge on any atom is 0.240 e. The summed E-state index contributed by atoms with van der Waals surface area (Å²) in [6, 6.07) is 4.19. The molecule has 0 bridgehead atoms. The smallest absolute Gasteiger partial charge is 0.240 e. The third kappa shape index (κ3) is 3.56. The van der Waals surface area contributed by atoms with Crippen LogP contribution < -0.4 is 11.1 Å². The fourth-order valence-electron chi connectivity index (χ4n) is 1.94. The van der Waals surface area contributed by atoms with Gasteiger partial charge in [0, 0.05) is 4.88 Å². The first kappa shape index (κ1) is 15.2. The zero-order valence-electron chi connectivity index (χ0n) is 11.5. The van der Waals surface area contributed by atoms with Gasteiger partial charge in [0.15, 0.2) is 0 Å². The number of carbonyl (C=O) groups is 1. The summed E-state index contributed by atoms with van der Waals surface area (Å²) in [7, 11) is 0. The molecule has 0 saturated heterocycles. The molecule has 0 spiro atoms. The Balaban J connectivity index is 2.76. The van der Waals surface area contributed by atoms with Gasteiger partial charge in [0.2, 0.25) is 5.91 Å². The van der Waals surface area contributed by atoms with Crippen LogP contribution in [0.25, 0.3) is 0 Å². The number of nitrogens with one attached hydrogen (secondary N) is 1. The summed E-state index contributed by atoms with van der Waals surface area (Å²) < 4.78 is 0. The minimum absolute atomic E-state index is 0.0284. The Morgan fingerprint density at radius 1 is 1.44 bits per heavy atom. The van der Waals surface area contributed by atoms with Crippen molar-refractivity contribution < 1.29 is 4.79 Å². The molecule has 1 amide bonds. The molecule has 3 nitrogen and oxygen atoms in total. The summed E-state index contributed by atoms with van der Waals surface area (Å²) >= 11 is 1.68. The fraction of sp³-hybridized carbons (Fsp3) is 0.643. The second kappa shape index (κ2) is 6.90. The number of hydrogen-bond acceptors (Lipinski definition) is 3. The largest absolute Gasteiger partial charge is 0.347 e. The van der Waals surface area contributed by atoms with Crippen molar-refractivity contribution in [2.24, 2.45) is 5.73 Å². The highest BCUT2D eigenvalue weighted by atomic mass is 32.1. The number of carbonyl (C=O) groups excluding carboxylic acids is 1. The van der Waals surface area contributed by atoms with E-state index >= 15 is 0 Å². The molecule has 3 N–H and O–H groups in total. The van der Waals surface area contributed by atoms with Crippen LogP contribution in [0.4, 0.5) is 0 Å². The van der Waals surface area contributed by atoms with Crippen LogP contribution in [0.1, 0.15) is 57.4 Å². The molecule has 1 unspecified atom stereocenters. The van der Waals surface area contributed by atoms with Crippen molar-refractivity contribution in [1.82, 2.24) is 5.32 Å². The van der Waals surface area contributed by atoms with E-state index in [-0.39, 0.29) is 11.9 Å². The second-order valence-electron chi connectivity index (χ2n) is 4.69. The minimum atomic E-state index is -0.733. The highest BCUT2D eigenvalue weighted by molar-refractivity contribution is 7.10. The van der Waals surface area contributed by atoms with Crippen LogP contribution in [0.2, 0.25) is 0 Å². The Bertz CT molecular complexity index is 358. The SMILES string of the molecule is CCCC(NC(=O)C(N)(CC)CC)c1cccs1. The van der Waals surface area contributed by atoms with Gasteiger partial charge >= 0.3 is 0 Å². The minimum Gasteiger partial charge on any atom is -0.347 e. The molecular formula is C14H24N2OS.